The summed E-state index contributed by atoms with van der Waals surface area (Å²) in [5, 5.41) is -1.67. The molecule has 0 fully saturated rings. The van der Waals surface area contributed by atoms with Crippen molar-refractivity contribution < 1.29 is 32.0 Å². The van der Waals surface area contributed by atoms with Gasteiger partial charge in [0.15, 0.2) is 6.10 Å². The Labute approximate surface area is 167 Å². The fraction of sp³-hybridized carbons (Fsp3) is 0.643. The molecule has 0 aliphatic carbocycles. The number of esters is 2. The first-order valence-electron chi connectivity index (χ1n) is 6.95. The summed E-state index contributed by atoms with van der Waals surface area (Å²) in [7, 11) is -4.57. The minimum absolute atomic E-state index is 0. The summed E-state index contributed by atoms with van der Waals surface area (Å²) in [4.78, 5) is 22.9. The minimum atomic E-state index is -4.57. The van der Waals surface area contributed by atoms with Crippen molar-refractivity contribution >= 4 is 59.8 Å². The molecular weight excluding hydrogens is 352 g/mol. The van der Waals surface area contributed by atoms with Crippen molar-refractivity contribution in [2.75, 3.05) is 0 Å². The van der Waals surface area contributed by atoms with Gasteiger partial charge in [-0.1, -0.05) is 26.3 Å². The summed E-state index contributed by atoms with van der Waals surface area (Å²) in [6, 6.07) is 0. The standard InChI is InChI=1S/C14H23O7S.Ca.2H/c1-5-7-8-9-13(16)21-14(11(4)22(17,18)19)10(3)20-12(15)6-2;;;/h6,10-11,14H,2,4-5,7-9H2,1,3H3,(H,17,18,19);;;. The molecule has 7 nitrogen and oxygen atoms in total. The molecule has 0 aromatic carbocycles. The van der Waals surface area contributed by atoms with E-state index in [1.807, 2.05) is 6.92 Å². The molecule has 0 aromatic heterocycles. The van der Waals surface area contributed by atoms with Crippen molar-refractivity contribution in [1.82, 2.24) is 0 Å². The molecule has 3 unspecified atom stereocenters. The van der Waals surface area contributed by atoms with E-state index in [1.165, 1.54) is 6.92 Å². The van der Waals surface area contributed by atoms with Gasteiger partial charge in [0.1, 0.15) is 11.4 Å². The second-order valence-corrected chi connectivity index (χ2v) is 6.45. The SMILES string of the molecule is [CH2]C(C(OC(=O)CCCCC)C(C)OC(=O)C=C)S(=O)(=O)O.[CaH2]. The Balaban J connectivity index is 0. The molecule has 0 rings (SSSR count). The zero-order valence-corrected chi connectivity index (χ0v) is 13.7. The molecular formula is C14H25CaO7S. The monoisotopic (exact) mass is 377 g/mol. The van der Waals surface area contributed by atoms with Crippen LogP contribution in [0.2, 0.25) is 0 Å². The Morgan fingerprint density at radius 1 is 1.26 bits per heavy atom. The fourth-order valence-electron chi connectivity index (χ4n) is 1.67. The third-order valence-corrected chi connectivity index (χ3v) is 3.97. The predicted molar refractivity (Wildman–Crippen MR) is 89.0 cm³/mol. The average molecular weight is 377 g/mol. The zero-order chi connectivity index (χ0) is 17.3. The second-order valence-electron chi connectivity index (χ2n) is 4.81. The second kappa shape index (κ2) is 12.2. The summed E-state index contributed by atoms with van der Waals surface area (Å²) < 4.78 is 41.4. The van der Waals surface area contributed by atoms with Gasteiger partial charge in [0.05, 0.1) is 0 Å². The van der Waals surface area contributed by atoms with Gasteiger partial charge in [-0.3, -0.25) is 9.35 Å². The number of hydrogen-bond donors (Lipinski definition) is 1. The Hall–Kier alpha value is -0.150. The van der Waals surface area contributed by atoms with Crippen LogP contribution in [0.1, 0.15) is 39.5 Å². The van der Waals surface area contributed by atoms with E-state index < -0.39 is 39.5 Å². The van der Waals surface area contributed by atoms with Gasteiger partial charge >= 0.3 is 49.7 Å². The van der Waals surface area contributed by atoms with Crippen LogP contribution in [0.3, 0.4) is 0 Å². The van der Waals surface area contributed by atoms with E-state index >= 15 is 0 Å². The summed E-state index contributed by atoms with van der Waals surface area (Å²) in [6.45, 7) is 9.80. The summed E-state index contributed by atoms with van der Waals surface area (Å²) >= 11 is 0. The first-order chi connectivity index (χ1) is 10.1. The molecule has 23 heavy (non-hydrogen) atoms. The van der Waals surface area contributed by atoms with Crippen molar-refractivity contribution in [1.29, 1.82) is 0 Å². The summed E-state index contributed by atoms with van der Waals surface area (Å²) in [6.07, 6.45) is 0.807. The molecule has 0 aromatic rings. The van der Waals surface area contributed by atoms with Gasteiger partial charge in [-0.2, -0.15) is 8.42 Å². The van der Waals surface area contributed by atoms with Crippen LogP contribution < -0.4 is 0 Å². The number of carbonyl (C=O) groups excluding carboxylic acids is 2. The molecule has 1 radical (unpaired) electrons. The Bertz CT molecular complexity index is 489. The Morgan fingerprint density at radius 3 is 2.26 bits per heavy atom. The molecule has 131 valence electrons. The van der Waals surface area contributed by atoms with E-state index in [4.69, 9.17) is 14.0 Å². The van der Waals surface area contributed by atoms with Gasteiger partial charge in [-0.15, -0.1) is 0 Å². The van der Waals surface area contributed by atoms with E-state index in [2.05, 4.69) is 13.5 Å². The normalized spacial score (nSPS) is 14.8. The van der Waals surface area contributed by atoms with Crippen LogP contribution in [0.15, 0.2) is 12.7 Å². The maximum absolute atomic E-state index is 11.7. The fourth-order valence-corrected chi connectivity index (χ4v) is 2.29. The van der Waals surface area contributed by atoms with E-state index in [1.54, 1.807) is 0 Å². The predicted octanol–water partition coefficient (Wildman–Crippen LogP) is 0.770. The number of rotatable bonds is 10. The van der Waals surface area contributed by atoms with E-state index in [0.29, 0.717) is 6.42 Å². The third-order valence-electron chi connectivity index (χ3n) is 2.93. The van der Waals surface area contributed by atoms with E-state index in [-0.39, 0.29) is 44.2 Å². The quantitative estimate of drug-likeness (QED) is 0.197. The summed E-state index contributed by atoms with van der Waals surface area (Å²) in [5.74, 6) is -1.45. The molecule has 0 heterocycles. The molecule has 0 amide bonds. The van der Waals surface area contributed by atoms with Crippen LogP contribution in [0, 0.1) is 6.92 Å². The molecule has 0 saturated carbocycles. The summed E-state index contributed by atoms with van der Waals surface area (Å²) in [5.41, 5.74) is 0. The third kappa shape index (κ3) is 10.3. The Morgan fingerprint density at radius 2 is 1.83 bits per heavy atom. The van der Waals surface area contributed by atoms with Crippen LogP contribution in [-0.2, 0) is 29.2 Å². The van der Waals surface area contributed by atoms with Gasteiger partial charge in [0.25, 0.3) is 10.1 Å². The molecule has 0 aliphatic heterocycles. The number of ether oxygens (including phenoxy) is 2. The van der Waals surface area contributed by atoms with Crippen LogP contribution in [0.25, 0.3) is 0 Å². The van der Waals surface area contributed by atoms with Crippen molar-refractivity contribution in [2.24, 2.45) is 0 Å². The topological polar surface area (TPSA) is 107 Å². The number of hydrogen-bond acceptors (Lipinski definition) is 6. The molecule has 0 saturated heterocycles. The first-order valence-corrected chi connectivity index (χ1v) is 8.45. The molecule has 0 spiro atoms. The van der Waals surface area contributed by atoms with Crippen LogP contribution in [0.4, 0.5) is 0 Å². The first kappa shape index (κ1) is 25.1. The van der Waals surface area contributed by atoms with Gasteiger partial charge in [0, 0.05) is 12.5 Å². The molecule has 1 N–H and O–H groups in total. The average Bonchev–Trinajstić information content (AvgIpc) is 2.42. The van der Waals surface area contributed by atoms with E-state index in [9.17, 15) is 18.0 Å². The number of carbonyl (C=O) groups is 2. The van der Waals surface area contributed by atoms with Gasteiger partial charge in [0.2, 0.25) is 0 Å². The molecule has 0 bridgehead atoms. The van der Waals surface area contributed by atoms with Gasteiger partial charge in [-0.05, 0) is 20.3 Å². The van der Waals surface area contributed by atoms with Crippen molar-refractivity contribution in [3.8, 4) is 0 Å². The number of unbranched alkanes of at least 4 members (excludes halogenated alkanes) is 2. The Kier molecular flexibility index (Phi) is 13.4. The molecule has 0 aliphatic rings. The van der Waals surface area contributed by atoms with Crippen LogP contribution >= 0.6 is 0 Å². The van der Waals surface area contributed by atoms with Crippen LogP contribution in [0.5, 0.6) is 0 Å². The molecule has 3 atom stereocenters. The van der Waals surface area contributed by atoms with Crippen molar-refractivity contribution in [3.63, 3.8) is 0 Å². The van der Waals surface area contributed by atoms with Crippen LogP contribution in [-0.4, -0.2) is 80.1 Å². The zero-order valence-electron chi connectivity index (χ0n) is 12.9. The maximum atomic E-state index is 11.7. The van der Waals surface area contributed by atoms with Gasteiger partial charge < -0.3 is 9.47 Å². The van der Waals surface area contributed by atoms with E-state index in [0.717, 1.165) is 18.9 Å². The van der Waals surface area contributed by atoms with Crippen molar-refractivity contribution in [3.05, 3.63) is 19.6 Å². The van der Waals surface area contributed by atoms with Gasteiger partial charge in [-0.25, -0.2) is 4.79 Å². The molecule has 9 heteroatoms. The van der Waals surface area contributed by atoms with Crippen molar-refractivity contribution in [2.45, 2.75) is 57.0 Å².